The molecule has 0 saturated heterocycles. The molecule has 1 aliphatic rings. The molecule has 192 valence electrons. The summed E-state index contributed by atoms with van der Waals surface area (Å²) in [5.41, 5.74) is 0.187. The highest BCUT2D eigenvalue weighted by Crippen LogP contribution is 2.27. The third kappa shape index (κ3) is 6.65. The van der Waals surface area contributed by atoms with Gasteiger partial charge in [0.1, 0.15) is 6.10 Å². The van der Waals surface area contributed by atoms with E-state index >= 15 is 0 Å². The highest BCUT2D eigenvalue weighted by Gasteiger charge is 2.32. The largest absolute Gasteiger partial charge is 0.463 e. The molecule has 1 aliphatic carbocycles. The van der Waals surface area contributed by atoms with Crippen molar-refractivity contribution in [3.8, 4) is 0 Å². The van der Waals surface area contributed by atoms with Crippen LogP contribution < -0.4 is 5.32 Å². The van der Waals surface area contributed by atoms with Crippen molar-refractivity contribution in [2.45, 2.75) is 30.8 Å². The second-order valence-electron chi connectivity index (χ2n) is 7.55. The normalized spacial score (nSPS) is 16.9. The van der Waals surface area contributed by atoms with Crippen LogP contribution in [0, 0.1) is 0 Å². The smallest absolute Gasteiger partial charge is 0.432 e. The molecule has 2 heterocycles. The van der Waals surface area contributed by atoms with Crippen molar-refractivity contribution in [1.29, 1.82) is 0 Å². The fraction of sp³-hybridized carbons (Fsp3) is 0.286. The molecule has 12 nitrogen and oxygen atoms in total. The number of ether oxygens (including phenoxy) is 2. The molecule has 1 unspecified atom stereocenters. The maximum Gasteiger partial charge on any atom is 0.432 e. The van der Waals surface area contributed by atoms with Crippen LogP contribution in [0.3, 0.4) is 0 Å². The molecule has 3 rings (SSSR count). The second kappa shape index (κ2) is 10.8. The van der Waals surface area contributed by atoms with Crippen LogP contribution in [0.1, 0.15) is 12.5 Å². The first-order chi connectivity index (χ1) is 16.8. The minimum Gasteiger partial charge on any atom is -0.463 e. The van der Waals surface area contributed by atoms with Crippen LogP contribution >= 0.6 is 0 Å². The number of Topliss-reactive ketones (excluding diaryl/α,β-unsaturated/α-hetero) is 1. The maximum absolute atomic E-state index is 13.0. The van der Waals surface area contributed by atoms with Gasteiger partial charge in [-0.25, -0.2) is 18.2 Å². The van der Waals surface area contributed by atoms with E-state index in [1.807, 2.05) is 0 Å². The van der Waals surface area contributed by atoms with Gasteiger partial charge in [0.25, 0.3) is 5.91 Å². The third-order valence-corrected chi connectivity index (χ3v) is 5.71. The van der Waals surface area contributed by atoms with Gasteiger partial charge >= 0.3 is 12.7 Å². The lowest BCUT2D eigenvalue weighted by atomic mass is 9.92. The van der Waals surface area contributed by atoms with Crippen LogP contribution in [0.5, 0.6) is 0 Å². The van der Waals surface area contributed by atoms with E-state index in [9.17, 15) is 31.6 Å². The monoisotopic (exact) mass is 526 g/mol. The van der Waals surface area contributed by atoms with Crippen molar-refractivity contribution in [3.63, 3.8) is 0 Å². The fourth-order valence-electron chi connectivity index (χ4n) is 3.07. The summed E-state index contributed by atoms with van der Waals surface area (Å²) in [5, 5.41) is 14.7. The predicted octanol–water partition coefficient (Wildman–Crippen LogP) is 1.75. The second-order valence-corrected chi connectivity index (χ2v) is 9.51. The first kappa shape index (κ1) is 26.8. The molecular formula is C21H20F2N4O8S. The van der Waals surface area contributed by atoms with E-state index in [0.29, 0.717) is 10.2 Å². The SMILES string of the molecule is C[C@@H](COC(F)F)OC1C=C(c2ccc(S(C)(=O)=O)nc2)C=C(C(=O)Nc2ccn(C(=O)O)n2)C1=O. The number of alkyl halides is 2. The fourth-order valence-corrected chi connectivity index (χ4v) is 3.63. The number of nitrogens with zero attached hydrogens (tertiary/aromatic N) is 3. The van der Waals surface area contributed by atoms with Crippen LogP contribution in [0.25, 0.3) is 5.57 Å². The number of carbonyl (C=O) groups excluding carboxylic acids is 2. The molecule has 0 radical (unpaired) electrons. The molecule has 0 bridgehead atoms. The summed E-state index contributed by atoms with van der Waals surface area (Å²) in [4.78, 5) is 40.7. The van der Waals surface area contributed by atoms with E-state index < -0.39 is 58.6 Å². The van der Waals surface area contributed by atoms with Crippen LogP contribution in [-0.4, -0.2) is 77.8 Å². The summed E-state index contributed by atoms with van der Waals surface area (Å²) in [6.07, 6.45) is 2.07. The zero-order valence-electron chi connectivity index (χ0n) is 18.8. The number of aromatic nitrogens is 3. The summed E-state index contributed by atoms with van der Waals surface area (Å²) in [6.45, 7) is -2.19. The molecule has 2 N–H and O–H groups in total. The number of halogens is 2. The van der Waals surface area contributed by atoms with Crippen LogP contribution in [0.15, 0.2) is 53.3 Å². The number of anilines is 1. The van der Waals surface area contributed by atoms with Gasteiger partial charge in [0.2, 0.25) is 5.78 Å². The predicted molar refractivity (Wildman–Crippen MR) is 119 cm³/mol. The molecule has 0 aromatic carbocycles. The van der Waals surface area contributed by atoms with Gasteiger partial charge in [-0.3, -0.25) is 9.59 Å². The van der Waals surface area contributed by atoms with E-state index in [1.165, 1.54) is 43.5 Å². The van der Waals surface area contributed by atoms with E-state index in [2.05, 4.69) is 20.1 Å². The summed E-state index contributed by atoms with van der Waals surface area (Å²) in [5.74, 6) is -1.90. The summed E-state index contributed by atoms with van der Waals surface area (Å²) in [7, 11) is -3.58. The van der Waals surface area contributed by atoms with Gasteiger partial charge in [-0.2, -0.15) is 13.5 Å². The lowest BCUT2D eigenvalue weighted by Gasteiger charge is -2.24. The van der Waals surface area contributed by atoms with Gasteiger partial charge < -0.3 is 19.9 Å². The van der Waals surface area contributed by atoms with Crippen molar-refractivity contribution in [2.24, 2.45) is 0 Å². The zero-order chi connectivity index (χ0) is 26.6. The summed E-state index contributed by atoms with van der Waals surface area (Å²) < 4.78 is 58.4. The van der Waals surface area contributed by atoms with Gasteiger partial charge in [0, 0.05) is 24.7 Å². The molecule has 2 aromatic heterocycles. The van der Waals surface area contributed by atoms with Crippen molar-refractivity contribution in [1.82, 2.24) is 14.8 Å². The molecule has 15 heteroatoms. The molecule has 2 atom stereocenters. The highest BCUT2D eigenvalue weighted by atomic mass is 32.2. The molecule has 0 saturated carbocycles. The maximum atomic E-state index is 13.0. The standard InChI is InChI=1S/C21H20F2N4O8S/c1-11(10-34-20(22)23)35-15-8-13(12-3-4-17(24-9-12)36(2,32)33)7-14(18(15)28)19(29)25-16-5-6-27(26-16)21(30)31/h3-9,11,15,20H,10H2,1-2H3,(H,30,31)(H,25,26,29)/t11-,15?/m0/s1. The Morgan fingerprint density at radius 2 is 2.00 bits per heavy atom. The van der Waals surface area contributed by atoms with E-state index in [4.69, 9.17) is 9.84 Å². The Balaban J connectivity index is 1.92. The quantitative estimate of drug-likeness (QED) is 0.460. The van der Waals surface area contributed by atoms with Gasteiger partial charge in [0.05, 0.1) is 18.3 Å². The Kier molecular flexibility index (Phi) is 8.07. The van der Waals surface area contributed by atoms with Crippen molar-refractivity contribution < 1.29 is 46.2 Å². The van der Waals surface area contributed by atoms with E-state index in [-0.39, 0.29) is 16.4 Å². The highest BCUT2D eigenvalue weighted by molar-refractivity contribution is 7.90. The van der Waals surface area contributed by atoms with Crippen molar-refractivity contribution in [3.05, 3.63) is 53.9 Å². The number of carboxylic acid groups (broad SMARTS) is 1. The summed E-state index contributed by atoms with van der Waals surface area (Å²) >= 11 is 0. The lowest BCUT2D eigenvalue weighted by Crippen LogP contribution is -2.35. The molecule has 1 amide bonds. The Morgan fingerprint density at radius 3 is 2.56 bits per heavy atom. The number of hydrogen-bond donors (Lipinski definition) is 2. The molecule has 0 spiro atoms. The first-order valence-corrected chi connectivity index (χ1v) is 12.0. The van der Waals surface area contributed by atoms with Crippen LogP contribution in [0.2, 0.25) is 0 Å². The number of hydrogen-bond acceptors (Lipinski definition) is 9. The Morgan fingerprint density at radius 1 is 1.28 bits per heavy atom. The van der Waals surface area contributed by atoms with Gasteiger partial charge in [0.15, 0.2) is 20.7 Å². The van der Waals surface area contributed by atoms with Gasteiger partial charge in [-0.05, 0) is 42.3 Å². The summed E-state index contributed by atoms with van der Waals surface area (Å²) in [6, 6.07) is 3.84. The van der Waals surface area contributed by atoms with E-state index in [1.54, 1.807) is 0 Å². The molecule has 0 aliphatic heterocycles. The number of amides is 1. The Bertz CT molecular complexity index is 1340. The minimum absolute atomic E-state index is 0.150. The number of allylic oxidation sites excluding steroid dienone is 2. The van der Waals surface area contributed by atoms with E-state index in [0.717, 1.165) is 12.5 Å². The van der Waals surface area contributed by atoms with Crippen LogP contribution in [-0.2, 0) is 28.9 Å². The number of rotatable bonds is 9. The topological polar surface area (TPSA) is 167 Å². The number of ketones is 1. The number of carbonyl (C=O) groups is 3. The Labute approximate surface area is 203 Å². The average molecular weight is 526 g/mol. The minimum atomic E-state index is -3.58. The van der Waals surface area contributed by atoms with Gasteiger partial charge in [-0.1, -0.05) is 0 Å². The lowest BCUT2D eigenvalue weighted by molar-refractivity contribution is -0.159. The number of nitrogens with one attached hydrogen (secondary N) is 1. The molecule has 0 fully saturated rings. The molecule has 2 aromatic rings. The zero-order valence-corrected chi connectivity index (χ0v) is 19.6. The molecule has 36 heavy (non-hydrogen) atoms. The number of pyridine rings is 1. The van der Waals surface area contributed by atoms with Crippen molar-refractivity contribution >= 4 is 39.0 Å². The third-order valence-electron chi connectivity index (χ3n) is 4.71. The van der Waals surface area contributed by atoms with Crippen molar-refractivity contribution in [2.75, 3.05) is 18.2 Å². The Hall–Kier alpha value is -3.82. The van der Waals surface area contributed by atoms with Gasteiger partial charge in [-0.15, -0.1) is 5.10 Å². The van der Waals surface area contributed by atoms with Crippen LogP contribution in [0.4, 0.5) is 19.4 Å². The molecular weight excluding hydrogens is 506 g/mol. The number of sulfone groups is 1. The average Bonchev–Trinajstić information content (AvgIpc) is 3.27. The first-order valence-electron chi connectivity index (χ1n) is 10.1.